The topological polar surface area (TPSA) is 60.7 Å². The zero-order valence-corrected chi connectivity index (χ0v) is 17.8. The number of nitrogens with zero attached hydrogens (tertiary/aromatic N) is 4. The molecule has 2 aromatic heterocycles. The predicted molar refractivity (Wildman–Crippen MR) is 120 cm³/mol. The van der Waals surface area contributed by atoms with Crippen molar-refractivity contribution in [2.24, 2.45) is 0 Å². The molecule has 0 saturated heterocycles. The molecule has 7 heteroatoms. The molecule has 0 bridgehead atoms. The Kier molecular flexibility index (Phi) is 6.26. The van der Waals surface area contributed by atoms with Gasteiger partial charge < -0.3 is 0 Å². The molecule has 0 N–H and O–H groups in total. The van der Waals surface area contributed by atoms with Gasteiger partial charge in [-0.25, -0.2) is 0 Å². The number of carbonyl (C=O) groups is 1. The second-order valence-corrected chi connectivity index (χ2v) is 8.50. The van der Waals surface area contributed by atoms with Gasteiger partial charge in [-0.3, -0.25) is 14.3 Å². The van der Waals surface area contributed by atoms with Crippen molar-refractivity contribution >= 4 is 29.1 Å². The van der Waals surface area contributed by atoms with E-state index in [1.165, 1.54) is 11.8 Å². The van der Waals surface area contributed by atoms with E-state index in [0.717, 1.165) is 17.0 Å². The van der Waals surface area contributed by atoms with E-state index >= 15 is 0 Å². The van der Waals surface area contributed by atoms with Gasteiger partial charge in [0.05, 0.1) is 11.8 Å². The Hall–Kier alpha value is -2.96. The number of benzene rings is 2. The number of pyridine rings is 1. The fourth-order valence-electron chi connectivity index (χ4n) is 3.08. The molecule has 5 nitrogen and oxygen atoms in total. The summed E-state index contributed by atoms with van der Waals surface area (Å²) in [6.07, 6.45) is 3.49. The van der Waals surface area contributed by atoms with Gasteiger partial charge in [-0.15, -0.1) is 10.2 Å². The lowest BCUT2D eigenvalue weighted by atomic mass is 10.1. The number of rotatable bonds is 7. The van der Waals surface area contributed by atoms with E-state index in [0.29, 0.717) is 22.3 Å². The molecule has 1 unspecified atom stereocenters. The highest BCUT2D eigenvalue weighted by Gasteiger charge is 2.22. The maximum Gasteiger partial charge on any atom is 0.192 e. The third-order valence-corrected chi connectivity index (χ3v) is 5.90. The molecule has 0 amide bonds. The van der Waals surface area contributed by atoms with E-state index in [-0.39, 0.29) is 11.0 Å². The maximum absolute atomic E-state index is 12.9. The fraction of sp³-hybridized carbons (Fsp3) is 0.130. The van der Waals surface area contributed by atoms with Crippen LogP contribution in [-0.2, 0) is 6.54 Å². The van der Waals surface area contributed by atoms with Gasteiger partial charge in [0.15, 0.2) is 16.8 Å². The molecular formula is C23H19ClN4OS. The van der Waals surface area contributed by atoms with E-state index < -0.39 is 0 Å². The average molecular weight is 435 g/mol. The Balaban J connectivity index is 1.65. The summed E-state index contributed by atoms with van der Waals surface area (Å²) in [5.41, 5.74) is 2.59. The molecule has 0 spiro atoms. The highest BCUT2D eigenvalue weighted by molar-refractivity contribution is 8.00. The summed E-state index contributed by atoms with van der Waals surface area (Å²) in [5, 5.41) is 9.68. The number of hydrogen-bond donors (Lipinski definition) is 0. The third-order valence-electron chi connectivity index (χ3n) is 4.58. The van der Waals surface area contributed by atoms with E-state index in [1.54, 1.807) is 36.7 Å². The Labute approximate surface area is 184 Å². The number of halogens is 1. The molecule has 4 aromatic rings. The van der Waals surface area contributed by atoms with E-state index in [9.17, 15) is 4.79 Å². The van der Waals surface area contributed by atoms with Gasteiger partial charge in [-0.2, -0.15) is 0 Å². The number of thioether (sulfide) groups is 1. The summed E-state index contributed by atoms with van der Waals surface area (Å²) in [5.74, 6) is 0.719. The van der Waals surface area contributed by atoms with Crippen LogP contribution < -0.4 is 0 Å². The minimum absolute atomic E-state index is 0.000288. The average Bonchev–Trinajstić information content (AvgIpc) is 3.16. The first-order valence-corrected chi connectivity index (χ1v) is 10.7. The predicted octanol–water partition coefficient (Wildman–Crippen LogP) is 5.41. The van der Waals surface area contributed by atoms with Crippen LogP contribution >= 0.6 is 23.4 Å². The molecule has 1 atom stereocenters. The van der Waals surface area contributed by atoms with Crippen LogP contribution in [0.2, 0.25) is 5.02 Å². The number of hydrogen-bond acceptors (Lipinski definition) is 5. The lowest BCUT2D eigenvalue weighted by molar-refractivity contribution is 0.0994. The molecule has 0 aliphatic heterocycles. The molecule has 2 heterocycles. The van der Waals surface area contributed by atoms with Crippen LogP contribution in [0.4, 0.5) is 0 Å². The zero-order valence-electron chi connectivity index (χ0n) is 16.3. The van der Waals surface area contributed by atoms with Crippen molar-refractivity contribution in [3.05, 3.63) is 95.3 Å². The second kappa shape index (κ2) is 9.24. The fourth-order valence-corrected chi connectivity index (χ4v) is 4.20. The molecule has 0 aliphatic carbocycles. The van der Waals surface area contributed by atoms with Gasteiger partial charge in [0.2, 0.25) is 0 Å². The molecule has 2 aromatic carbocycles. The monoisotopic (exact) mass is 434 g/mol. The largest absolute Gasteiger partial charge is 0.297 e. The van der Waals surface area contributed by atoms with Gasteiger partial charge >= 0.3 is 0 Å². The van der Waals surface area contributed by atoms with Gasteiger partial charge in [0.25, 0.3) is 0 Å². The van der Waals surface area contributed by atoms with E-state index in [4.69, 9.17) is 11.6 Å². The highest BCUT2D eigenvalue weighted by atomic mass is 35.5. The first-order valence-electron chi connectivity index (χ1n) is 9.46. The van der Waals surface area contributed by atoms with Crippen molar-refractivity contribution < 1.29 is 4.79 Å². The molecule has 150 valence electrons. The lowest BCUT2D eigenvalue weighted by Gasteiger charge is -2.13. The van der Waals surface area contributed by atoms with Crippen LogP contribution in [0.25, 0.3) is 11.4 Å². The molecule has 0 radical (unpaired) electrons. The summed E-state index contributed by atoms with van der Waals surface area (Å²) in [4.78, 5) is 17.1. The molecular weight excluding hydrogens is 416 g/mol. The van der Waals surface area contributed by atoms with Crippen LogP contribution in [-0.4, -0.2) is 30.8 Å². The molecule has 0 aliphatic rings. The molecule has 0 fully saturated rings. The minimum Gasteiger partial charge on any atom is -0.297 e. The summed E-state index contributed by atoms with van der Waals surface area (Å²) in [6.45, 7) is 2.47. The molecule has 30 heavy (non-hydrogen) atoms. The number of ketones is 1. The van der Waals surface area contributed by atoms with Crippen LogP contribution in [0, 0.1) is 0 Å². The number of carbonyl (C=O) groups excluding carboxylic acids is 1. The van der Waals surface area contributed by atoms with Gasteiger partial charge in [-0.05, 0) is 36.8 Å². The van der Waals surface area contributed by atoms with Crippen molar-refractivity contribution in [2.75, 3.05) is 0 Å². The van der Waals surface area contributed by atoms with Crippen molar-refractivity contribution in [3.8, 4) is 11.4 Å². The summed E-state index contributed by atoms with van der Waals surface area (Å²) in [7, 11) is 0. The first-order chi connectivity index (χ1) is 14.6. The Morgan fingerprint density at radius 1 is 1.07 bits per heavy atom. The second-order valence-electron chi connectivity index (χ2n) is 6.75. The van der Waals surface area contributed by atoms with Crippen molar-refractivity contribution in [2.45, 2.75) is 23.9 Å². The number of aromatic nitrogens is 4. The van der Waals surface area contributed by atoms with Crippen LogP contribution in [0.1, 0.15) is 22.8 Å². The van der Waals surface area contributed by atoms with Crippen LogP contribution in [0.15, 0.2) is 84.3 Å². The third kappa shape index (κ3) is 4.61. The quantitative estimate of drug-likeness (QED) is 0.287. The smallest absolute Gasteiger partial charge is 0.192 e. The standard InChI is InChI=1S/C23H19ClN4OS/c1-16(21(29)18-9-5-11-20(24)13-18)30-23-27-26-22(19-10-6-12-25-14-19)28(23)15-17-7-3-2-4-8-17/h2-14,16H,15H2,1H3. The lowest BCUT2D eigenvalue weighted by Crippen LogP contribution is -2.15. The van der Waals surface area contributed by atoms with Crippen molar-refractivity contribution in [1.82, 2.24) is 19.7 Å². The highest BCUT2D eigenvalue weighted by Crippen LogP contribution is 2.29. The van der Waals surface area contributed by atoms with Gasteiger partial charge in [0, 0.05) is 28.5 Å². The van der Waals surface area contributed by atoms with Crippen molar-refractivity contribution in [3.63, 3.8) is 0 Å². The van der Waals surface area contributed by atoms with Crippen LogP contribution in [0.3, 0.4) is 0 Å². The van der Waals surface area contributed by atoms with Crippen LogP contribution in [0.5, 0.6) is 0 Å². The summed E-state index contributed by atoms with van der Waals surface area (Å²) < 4.78 is 2.03. The van der Waals surface area contributed by atoms with Gasteiger partial charge in [0.1, 0.15) is 0 Å². The van der Waals surface area contributed by atoms with E-state index in [1.807, 2.05) is 41.8 Å². The Morgan fingerprint density at radius 2 is 1.90 bits per heavy atom. The molecule has 0 saturated carbocycles. The zero-order chi connectivity index (χ0) is 20.9. The summed E-state index contributed by atoms with van der Waals surface area (Å²) >= 11 is 7.44. The SMILES string of the molecule is CC(Sc1nnc(-c2cccnc2)n1Cc1ccccc1)C(=O)c1cccc(Cl)c1. The maximum atomic E-state index is 12.9. The van der Waals surface area contributed by atoms with Gasteiger partial charge in [-0.1, -0.05) is 65.8 Å². The summed E-state index contributed by atoms with van der Waals surface area (Å²) in [6, 6.07) is 20.9. The Morgan fingerprint density at radius 3 is 2.63 bits per heavy atom. The minimum atomic E-state index is -0.344. The van der Waals surface area contributed by atoms with Crippen molar-refractivity contribution in [1.29, 1.82) is 0 Å². The molecule has 4 rings (SSSR count). The number of Topliss-reactive ketones (excluding diaryl/α,β-unsaturated/α-hetero) is 1. The van der Waals surface area contributed by atoms with E-state index in [2.05, 4.69) is 27.3 Å². The first kappa shape index (κ1) is 20.3. The Bertz CT molecular complexity index is 1150. The normalized spacial score (nSPS) is 11.9.